The Bertz CT molecular complexity index is 334. The minimum Gasteiger partial charge on any atom is -0.479 e. The van der Waals surface area contributed by atoms with E-state index in [2.05, 4.69) is 13.8 Å². The van der Waals surface area contributed by atoms with Crippen LogP contribution in [0, 0.1) is 0 Å². The van der Waals surface area contributed by atoms with E-state index in [0.717, 1.165) is 19.3 Å². The molecule has 0 aliphatic carbocycles. The van der Waals surface area contributed by atoms with Crippen molar-refractivity contribution in [3.05, 3.63) is 0 Å². The molecule has 2 fully saturated rings. The molecule has 1 N–H and O–H groups in total. The van der Waals surface area contributed by atoms with Crippen LogP contribution in [0.15, 0.2) is 0 Å². The van der Waals surface area contributed by atoms with Gasteiger partial charge in [0, 0.05) is 12.1 Å². The molecule has 102 valence electrons. The summed E-state index contributed by atoms with van der Waals surface area (Å²) in [6.07, 6.45) is 2.77. The lowest BCUT2D eigenvalue weighted by molar-refractivity contribution is -0.157. The van der Waals surface area contributed by atoms with Gasteiger partial charge < -0.3 is 14.7 Å². The van der Waals surface area contributed by atoms with E-state index in [1.165, 1.54) is 0 Å². The first-order valence-electron chi connectivity index (χ1n) is 6.71. The number of ether oxygens (including phenoxy) is 1. The van der Waals surface area contributed by atoms with Crippen LogP contribution in [0.2, 0.25) is 0 Å². The molecule has 0 saturated carbocycles. The predicted molar refractivity (Wildman–Crippen MR) is 65.2 cm³/mol. The zero-order valence-electron chi connectivity index (χ0n) is 11.0. The number of carbonyl (C=O) groups is 2. The van der Waals surface area contributed by atoms with E-state index < -0.39 is 18.2 Å². The monoisotopic (exact) mass is 255 g/mol. The fourth-order valence-electron chi connectivity index (χ4n) is 3.02. The van der Waals surface area contributed by atoms with Crippen molar-refractivity contribution in [3.8, 4) is 0 Å². The second kappa shape index (κ2) is 5.26. The molecule has 2 saturated heterocycles. The summed E-state index contributed by atoms with van der Waals surface area (Å²) in [7, 11) is 0. The summed E-state index contributed by atoms with van der Waals surface area (Å²) < 4.78 is 5.34. The molecule has 2 heterocycles. The van der Waals surface area contributed by atoms with Gasteiger partial charge in [-0.05, 0) is 46.0 Å². The predicted octanol–water partition coefficient (Wildman–Crippen LogP) is 1.41. The maximum Gasteiger partial charge on any atom is 0.332 e. The Kier molecular flexibility index (Phi) is 3.90. The van der Waals surface area contributed by atoms with E-state index in [4.69, 9.17) is 9.84 Å². The first-order chi connectivity index (χ1) is 8.50. The molecule has 2 aliphatic heterocycles. The van der Waals surface area contributed by atoms with Gasteiger partial charge in [0.1, 0.15) is 6.10 Å². The Morgan fingerprint density at radius 2 is 1.61 bits per heavy atom. The highest BCUT2D eigenvalue weighted by Crippen LogP contribution is 2.28. The van der Waals surface area contributed by atoms with Crippen LogP contribution >= 0.6 is 0 Å². The summed E-state index contributed by atoms with van der Waals surface area (Å²) in [5.41, 5.74) is 0. The highest BCUT2D eigenvalue weighted by Gasteiger charge is 2.40. The van der Waals surface area contributed by atoms with E-state index in [1.807, 2.05) is 4.90 Å². The number of likely N-dealkylation sites (tertiary alicyclic amines) is 1. The van der Waals surface area contributed by atoms with Gasteiger partial charge in [0.15, 0.2) is 6.10 Å². The number of nitrogens with zero attached hydrogens (tertiary/aromatic N) is 1. The second-order valence-electron chi connectivity index (χ2n) is 5.40. The number of amides is 1. The van der Waals surface area contributed by atoms with Crippen LogP contribution in [0.25, 0.3) is 0 Å². The summed E-state index contributed by atoms with van der Waals surface area (Å²) in [5, 5.41) is 8.88. The average molecular weight is 255 g/mol. The van der Waals surface area contributed by atoms with Gasteiger partial charge in [-0.25, -0.2) is 4.79 Å². The highest BCUT2D eigenvalue weighted by atomic mass is 16.5. The van der Waals surface area contributed by atoms with Gasteiger partial charge in [-0.3, -0.25) is 4.79 Å². The zero-order chi connectivity index (χ0) is 13.3. The van der Waals surface area contributed by atoms with E-state index in [-0.39, 0.29) is 18.0 Å². The number of carboxylic acid groups (broad SMARTS) is 1. The summed E-state index contributed by atoms with van der Waals surface area (Å²) in [6, 6.07) is 0.461. The van der Waals surface area contributed by atoms with E-state index >= 15 is 0 Å². The normalized spacial score (nSPS) is 36.7. The lowest BCUT2D eigenvalue weighted by Crippen LogP contribution is -2.51. The van der Waals surface area contributed by atoms with Gasteiger partial charge >= 0.3 is 5.97 Å². The number of rotatable bonds is 2. The first kappa shape index (κ1) is 13.3. The molecule has 4 atom stereocenters. The Hall–Kier alpha value is -1.10. The van der Waals surface area contributed by atoms with Gasteiger partial charge in [-0.1, -0.05) is 0 Å². The van der Waals surface area contributed by atoms with Gasteiger partial charge in [-0.15, -0.1) is 0 Å². The van der Waals surface area contributed by atoms with Gasteiger partial charge in [-0.2, -0.15) is 0 Å². The van der Waals surface area contributed by atoms with Crippen molar-refractivity contribution in [3.63, 3.8) is 0 Å². The smallest absolute Gasteiger partial charge is 0.332 e. The molecule has 0 bridgehead atoms. The minimum absolute atomic E-state index is 0.0292. The summed E-state index contributed by atoms with van der Waals surface area (Å²) in [5.74, 6) is -0.997. The number of piperidine rings is 1. The van der Waals surface area contributed by atoms with Crippen molar-refractivity contribution >= 4 is 11.9 Å². The molecular weight excluding hydrogens is 234 g/mol. The van der Waals surface area contributed by atoms with Crippen molar-refractivity contribution in [2.24, 2.45) is 0 Å². The average Bonchev–Trinajstić information content (AvgIpc) is 2.77. The van der Waals surface area contributed by atoms with E-state index in [0.29, 0.717) is 12.8 Å². The molecule has 0 spiro atoms. The summed E-state index contributed by atoms with van der Waals surface area (Å²) >= 11 is 0. The summed E-state index contributed by atoms with van der Waals surface area (Å²) in [4.78, 5) is 25.1. The standard InChI is InChI=1S/C13H21NO4/c1-8-4-3-5-9(2)14(8)12(15)10-6-7-11(18-10)13(16)17/h8-11H,3-7H2,1-2H3,(H,16,17)/t8-,9+,10?,11?. The Balaban J connectivity index is 2.01. The first-order valence-corrected chi connectivity index (χ1v) is 6.71. The van der Waals surface area contributed by atoms with Crippen LogP contribution in [-0.4, -0.2) is 46.2 Å². The third-order valence-corrected chi connectivity index (χ3v) is 4.02. The van der Waals surface area contributed by atoms with Crippen molar-refractivity contribution in [1.29, 1.82) is 0 Å². The van der Waals surface area contributed by atoms with Crippen LogP contribution < -0.4 is 0 Å². The molecule has 0 aromatic heterocycles. The van der Waals surface area contributed by atoms with Crippen LogP contribution in [0.1, 0.15) is 46.0 Å². The number of carbonyl (C=O) groups excluding carboxylic acids is 1. The molecule has 2 rings (SSSR count). The van der Waals surface area contributed by atoms with E-state index in [1.54, 1.807) is 0 Å². The maximum absolute atomic E-state index is 12.4. The Labute approximate surface area is 107 Å². The van der Waals surface area contributed by atoms with Crippen molar-refractivity contribution in [1.82, 2.24) is 4.90 Å². The number of carboxylic acids is 1. The molecule has 5 nitrogen and oxygen atoms in total. The highest BCUT2D eigenvalue weighted by molar-refractivity contribution is 5.83. The molecule has 1 amide bonds. The SMILES string of the molecule is C[C@@H]1CCC[C@H](C)N1C(=O)C1CCC(C(=O)O)O1. The maximum atomic E-state index is 12.4. The van der Waals surface area contributed by atoms with Gasteiger partial charge in [0.2, 0.25) is 0 Å². The fourth-order valence-corrected chi connectivity index (χ4v) is 3.02. The van der Waals surface area contributed by atoms with Crippen LogP contribution in [0.3, 0.4) is 0 Å². The zero-order valence-corrected chi connectivity index (χ0v) is 11.0. The lowest BCUT2D eigenvalue weighted by Gasteiger charge is -2.40. The van der Waals surface area contributed by atoms with Crippen LogP contribution in [0.5, 0.6) is 0 Å². The molecule has 18 heavy (non-hydrogen) atoms. The Morgan fingerprint density at radius 1 is 1.06 bits per heavy atom. The molecule has 0 aromatic carbocycles. The third kappa shape index (κ3) is 2.51. The quantitative estimate of drug-likeness (QED) is 0.810. The molecule has 5 heteroatoms. The number of hydrogen-bond donors (Lipinski definition) is 1. The molecule has 0 radical (unpaired) electrons. The van der Waals surface area contributed by atoms with Crippen LogP contribution in [-0.2, 0) is 14.3 Å². The topological polar surface area (TPSA) is 66.8 Å². The van der Waals surface area contributed by atoms with Gasteiger partial charge in [0.05, 0.1) is 0 Å². The summed E-state index contributed by atoms with van der Waals surface area (Å²) in [6.45, 7) is 4.11. The number of aliphatic carboxylic acids is 1. The Morgan fingerprint density at radius 3 is 2.11 bits per heavy atom. The van der Waals surface area contributed by atoms with Crippen molar-refractivity contribution in [2.75, 3.05) is 0 Å². The molecular formula is C13H21NO4. The molecule has 2 aliphatic rings. The lowest BCUT2D eigenvalue weighted by atomic mass is 9.96. The molecule has 0 aromatic rings. The largest absolute Gasteiger partial charge is 0.479 e. The van der Waals surface area contributed by atoms with Gasteiger partial charge in [0.25, 0.3) is 5.91 Å². The second-order valence-corrected chi connectivity index (χ2v) is 5.40. The van der Waals surface area contributed by atoms with Crippen molar-refractivity contribution < 1.29 is 19.4 Å². The van der Waals surface area contributed by atoms with Crippen LogP contribution in [0.4, 0.5) is 0 Å². The fraction of sp³-hybridized carbons (Fsp3) is 0.846. The molecule has 2 unspecified atom stereocenters. The van der Waals surface area contributed by atoms with Crippen molar-refractivity contribution in [2.45, 2.75) is 70.2 Å². The minimum atomic E-state index is -0.968. The third-order valence-electron chi connectivity index (χ3n) is 4.02. The van der Waals surface area contributed by atoms with E-state index in [9.17, 15) is 9.59 Å². The number of hydrogen-bond acceptors (Lipinski definition) is 3.